The van der Waals surface area contributed by atoms with Crippen LogP contribution >= 0.6 is 15.9 Å². The van der Waals surface area contributed by atoms with Gasteiger partial charge in [-0.15, -0.1) is 10.2 Å². The topological polar surface area (TPSA) is 46.3 Å². The molecule has 3 heterocycles. The monoisotopic (exact) mass is 309 g/mol. The molecule has 1 atom stereocenters. The number of nitrogens with zero attached hydrogens (tertiary/aromatic N) is 5. The normalized spacial score (nSPS) is 20.6. The zero-order chi connectivity index (χ0) is 12.5. The van der Waals surface area contributed by atoms with E-state index in [0.29, 0.717) is 5.92 Å². The van der Waals surface area contributed by atoms with E-state index in [1.807, 2.05) is 23.7 Å². The van der Waals surface area contributed by atoms with Crippen LogP contribution in [0.25, 0.3) is 5.65 Å². The van der Waals surface area contributed by atoms with E-state index in [9.17, 15) is 0 Å². The molecule has 3 rings (SSSR count). The molecule has 1 unspecified atom stereocenters. The average molecular weight is 310 g/mol. The van der Waals surface area contributed by atoms with E-state index >= 15 is 0 Å². The second-order valence-corrected chi connectivity index (χ2v) is 5.45. The highest BCUT2D eigenvalue weighted by Crippen LogP contribution is 2.25. The van der Waals surface area contributed by atoms with Gasteiger partial charge >= 0.3 is 0 Å². The molecule has 96 valence electrons. The molecule has 2 aromatic heterocycles. The summed E-state index contributed by atoms with van der Waals surface area (Å²) in [7, 11) is 0. The Morgan fingerprint density at radius 2 is 2.33 bits per heavy atom. The summed E-state index contributed by atoms with van der Waals surface area (Å²) >= 11 is 3.58. The summed E-state index contributed by atoms with van der Waals surface area (Å²) < 4.78 is 2.00. The van der Waals surface area contributed by atoms with E-state index in [0.717, 1.165) is 35.7 Å². The summed E-state index contributed by atoms with van der Waals surface area (Å²) in [4.78, 5) is 6.83. The minimum absolute atomic E-state index is 0.699. The summed E-state index contributed by atoms with van der Waals surface area (Å²) in [6.07, 6.45) is 6.25. The number of anilines is 1. The Morgan fingerprint density at radius 3 is 3.17 bits per heavy atom. The second-order valence-electron chi connectivity index (χ2n) is 4.80. The van der Waals surface area contributed by atoms with Gasteiger partial charge in [0.2, 0.25) is 5.65 Å². The molecule has 2 aromatic rings. The Balaban J connectivity index is 1.98. The third-order valence-corrected chi connectivity index (χ3v) is 4.43. The van der Waals surface area contributed by atoms with Crippen molar-refractivity contribution in [1.82, 2.24) is 19.6 Å². The van der Waals surface area contributed by atoms with Crippen molar-refractivity contribution in [1.29, 1.82) is 0 Å². The van der Waals surface area contributed by atoms with Gasteiger partial charge in [0.1, 0.15) is 5.82 Å². The molecule has 1 aliphatic heterocycles. The Hall–Kier alpha value is -1.17. The SMILES string of the molecule is Cc1nnc2c(N3CCCC(CBr)C3)nccn12. The third-order valence-electron chi connectivity index (χ3n) is 3.52. The van der Waals surface area contributed by atoms with E-state index in [2.05, 4.69) is 36.0 Å². The second kappa shape index (κ2) is 4.84. The Bertz CT molecular complexity index is 552. The summed E-state index contributed by atoms with van der Waals surface area (Å²) in [5.74, 6) is 2.57. The summed E-state index contributed by atoms with van der Waals surface area (Å²) in [5.41, 5.74) is 0.866. The smallest absolute Gasteiger partial charge is 0.203 e. The van der Waals surface area contributed by atoms with Crippen LogP contribution in [0.4, 0.5) is 5.82 Å². The summed E-state index contributed by atoms with van der Waals surface area (Å²) in [6, 6.07) is 0. The van der Waals surface area contributed by atoms with Crippen molar-refractivity contribution in [2.75, 3.05) is 23.3 Å². The lowest BCUT2D eigenvalue weighted by molar-refractivity contribution is 0.453. The van der Waals surface area contributed by atoms with Crippen molar-refractivity contribution in [2.24, 2.45) is 5.92 Å². The van der Waals surface area contributed by atoms with Gasteiger partial charge in [0.25, 0.3) is 0 Å². The van der Waals surface area contributed by atoms with Crippen LogP contribution < -0.4 is 4.90 Å². The van der Waals surface area contributed by atoms with Gasteiger partial charge in [-0.2, -0.15) is 0 Å². The van der Waals surface area contributed by atoms with Crippen LogP contribution in [-0.4, -0.2) is 38.0 Å². The maximum atomic E-state index is 4.50. The molecule has 0 saturated carbocycles. The van der Waals surface area contributed by atoms with Crippen molar-refractivity contribution in [3.05, 3.63) is 18.2 Å². The molecule has 1 fully saturated rings. The van der Waals surface area contributed by atoms with Gasteiger partial charge in [-0.05, 0) is 25.7 Å². The fourth-order valence-corrected chi connectivity index (χ4v) is 3.06. The van der Waals surface area contributed by atoms with E-state index < -0.39 is 0 Å². The van der Waals surface area contributed by atoms with Gasteiger partial charge < -0.3 is 4.90 Å². The number of aromatic nitrogens is 4. The predicted molar refractivity (Wildman–Crippen MR) is 74.3 cm³/mol. The number of hydrogen-bond donors (Lipinski definition) is 0. The van der Waals surface area contributed by atoms with Gasteiger partial charge in [-0.25, -0.2) is 4.98 Å². The standard InChI is InChI=1S/C12H16BrN5/c1-9-15-16-12-11(14-4-6-18(9)12)17-5-2-3-10(7-13)8-17/h4,6,10H,2-3,5,7-8H2,1H3. The molecule has 0 aromatic carbocycles. The molecular formula is C12H16BrN5. The van der Waals surface area contributed by atoms with Gasteiger partial charge in [0.15, 0.2) is 5.82 Å². The molecule has 18 heavy (non-hydrogen) atoms. The fourth-order valence-electron chi connectivity index (χ4n) is 2.54. The van der Waals surface area contributed by atoms with E-state index in [4.69, 9.17) is 0 Å². The molecule has 1 saturated heterocycles. The van der Waals surface area contributed by atoms with Crippen molar-refractivity contribution < 1.29 is 0 Å². The molecule has 0 bridgehead atoms. The number of piperidine rings is 1. The largest absolute Gasteiger partial charge is 0.353 e. The van der Waals surface area contributed by atoms with Gasteiger partial charge in [0.05, 0.1) is 0 Å². The molecule has 5 nitrogen and oxygen atoms in total. The molecular weight excluding hydrogens is 294 g/mol. The number of aryl methyl sites for hydroxylation is 1. The molecule has 0 amide bonds. The van der Waals surface area contributed by atoms with Gasteiger partial charge in [0, 0.05) is 30.8 Å². The number of alkyl halides is 1. The molecule has 0 N–H and O–H groups in total. The van der Waals surface area contributed by atoms with Crippen LogP contribution in [-0.2, 0) is 0 Å². The van der Waals surface area contributed by atoms with Crippen molar-refractivity contribution >= 4 is 27.4 Å². The van der Waals surface area contributed by atoms with Crippen LogP contribution in [0.1, 0.15) is 18.7 Å². The molecule has 0 radical (unpaired) electrons. The fraction of sp³-hybridized carbons (Fsp3) is 0.583. The Morgan fingerprint density at radius 1 is 1.44 bits per heavy atom. The van der Waals surface area contributed by atoms with Crippen LogP contribution in [0.15, 0.2) is 12.4 Å². The van der Waals surface area contributed by atoms with E-state index in [-0.39, 0.29) is 0 Å². The van der Waals surface area contributed by atoms with Gasteiger partial charge in [-0.3, -0.25) is 4.40 Å². The quantitative estimate of drug-likeness (QED) is 0.797. The zero-order valence-electron chi connectivity index (χ0n) is 10.4. The minimum atomic E-state index is 0.699. The first-order chi connectivity index (χ1) is 8.79. The lowest BCUT2D eigenvalue weighted by atomic mass is 10.0. The van der Waals surface area contributed by atoms with E-state index in [1.165, 1.54) is 12.8 Å². The predicted octanol–water partition coefficient (Wildman–Crippen LogP) is 2.04. The molecule has 0 aliphatic carbocycles. The molecule has 0 spiro atoms. The van der Waals surface area contributed by atoms with Crippen LogP contribution in [0.3, 0.4) is 0 Å². The van der Waals surface area contributed by atoms with Crippen LogP contribution in [0.5, 0.6) is 0 Å². The lowest BCUT2D eigenvalue weighted by Crippen LogP contribution is -2.36. The number of hydrogen-bond acceptors (Lipinski definition) is 4. The van der Waals surface area contributed by atoms with Crippen LogP contribution in [0, 0.1) is 12.8 Å². The highest BCUT2D eigenvalue weighted by molar-refractivity contribution is 9.09. The summed E-state index contributed by atoms with van der Waals surface area (Å²) in [5, 5.41) is 9.42. The maximum absolute atomic E-state index is 4.50. The highest BCUT2D eigenvalue weighted by Gasteiger charge is 2.22. The first-order valence-corrected chi connectivity index (χ1v) is 7.39. The number of fused-ring (bicyclic) bond motifs is 1. The lowest BCUT2D eigenvalue weighted by Gasteiger charge is -2.32. The average Bonchev–Trinajstić information content (AvgIpc) is 2.81. The first kappa shape index (κ1) is 11.9. The first-order valence-electron chi connectivity index (χ1n) is 6.27. The van der Waals surface area contributed by atoms with Crippen molar-refractivity contribution in [3.8, 4) is 0 Å². The Kier molecular flexibility index (Phi) is 3.20. The van der Waals surface area contributed by atoms with Crippen molar-refractivity contribution in [3.63, 3.8) is 0 Å². The van der Waals surface area contributed by atoms with Crippen molar-refractivity contribution in [2.45, 2.75) is 19.8 Å². The minimum Gasteiger partial charge on any atom is -0.353 e. The van der Waals surface area contributed by atoms with Gasteiger partial charge in [-0.1, -0.05) is 15.9 Å². The van der Waals surface area contributed by atoms with E-state index in [1.54, 1.807) is 0 Å². The molecule has 6 heteroatoms. The highest BCUT2D eigenvalue weighted by atomic mass is 79.9. The Labute approximate surface area is 114 Å². The number of halogens is 1. The maximum Gasteiger partial charge on any atom is 0.203 e. The molecule has 1 aliphatic rings. The number of rotatable bonds is 2. The third kappa shape index (κ3) is 1.98. The van der Waals surface area contributed by atoms with Crippen LogP contribution in [0.2, 0.25) is 0 Å². The zero-order valence-corrected chi connectivity index (χ0v) is 12.0. The summed E-state index contributed by atoms with van der Waals surface area (Å²) in [6.45, 7) is 4.06.